The normalized spacial score (nSPS) is 22.0. The van der Waals surface area contributed by atoms with Gasteiger partial charge in [-0.2, -0.15) is 0 Å². The lowest BCUT2D eigenvalue weighted by atomic mass is 10.0. The zero-order chi connectivity index (χ0) is 48.7. The first kappa shape index (κ1) is 49.5. The van der Waals surface area contributed by atoms with Gasteiger partial charge in [0, 0.05) is 79.0 Å². The summed E-state index contributed by atoms with van der Waals surface area (Å²) in [6, 6.07) is 18.4. The molecule has 7 atom stereocenters. The number of fused-ring (bicyclic) bond motifs is 2. The zero-order valence-electron chi connectivity index (χ0n) is 38.1. The molecule has 0 aliphatic carbocycles. The maximum atomic E-state index is 14.5. The highest BCUT2D eigenvalue weighted by Crippen LogP contribution is 2.21. The number of hydrogen-bond donors (Lipinski definition) is 10. The number of primary amides is 1. The van der Waals surface area contributed by atoms with E-state index in [1.54, 1.807) is 47.6 Å². The molecule has 0 spiro atoms. The molecule has 68 heavy (non-hydrogen) atoms. The fraction of sp³-hybridized carbons (Fsp3) is 0.340. The van der Waals surface area contributed by atoms with E-state index < -0.39 is 83.6 Å². The van der Waals surface area contributed by atoms with E-state index in [9.17, 15) is 33.6 Å². The van der Waals surface area contributed by atoms with Crippen molar-refractivity contribution in [1.82, 2.24) is 46.8 Å². The minimum Gasteiger partial charge on any atom is -0.368 e. The number of nitrogens with one attached hydrogen (secondary N) is 8. The number of rotatable bonds is 11. The maximum Gasteiger partial charge on any atom is 0.244 e. The molecule has 356 valence electrons. The molecule has 0 radical (unpaired) electrons. The van der Waals surface area contributed by atoms with Crippen molar-refractivity contribution in [2.45, 2.75) is 94.7 Å². The van der Waals surface area contributed by atoms with Gasteiger partial charge in [-0.3, -0.25) is 33.6 Å². The number of hydrogen-bond acceptors (Lipinski definition) is 9. The number of aromatic nitrogens is 2. The first-order valence-electron chi connectivity index (χ1n) is 22.6. The van der Waals surface area contributed by atoms with Crippen LogP contribution in [-0.2, 0) is 52.8 Å². The van der Waals surface area contributed by atoms with Crippen molar-refractivity contribution in [2.75, 3.05) is 13.1 Å². The number of carbonyl (C=O) groups excluding carboxylic acids is 7. The molecule has 0 fully saturated rings. The molecule has 3 heterocycles. The van der Waals surface area contributed by atoms with E-state index in [2.05, 4.69) is 60.4 Å². The van der Waals surface area contributed by atoms with E-state index in [4.69, 9.17) is 11.5 Å². The predicted octanol–water partition coefficient (Wildman–Crippen LogP) is 1.07. The van der Waals surface area contributed by atoms with Crippen LogP contribution in [0.2, 0.25) is 0 Å². The Morgan fingerprint density at radius 2 is 1.28 bits per heavy atom. The maximum absolute atomic E-state index is 14.5. The first-order valence-corrected chi connectivity index (χ1v) is 22.6. The van der Waals surface area contributed by atoms with Crippen LogP contribution >= 0.6 is 0 Å². The van der Waals surface area contributed by atoms with E-state index in [1.807, 2.05) is 54.6 Å². The van der Waals surface area contributed by atoms with Gasteiger partial charge in [0.1, 0.15) is 36.3 Å². The van der Waals surface area contributed by atoms with Crippen LogP contribution in [0, 0.1) is 12.0 Å². The topological polar surface area (TPSA) is 279 Å². The van der Waals surface area contributed by atoms with Crippen LogP contribution < -0.4 is 43.4 Å². The lowest BCUT2D eigenvalue weighted by molar-refractivity contribution is -0.135. The van der Waals surface area contributed by atoms with Gasteiger partial charge in [-0.25, -0.2) is 0 Å². The van der Waals surface area contributed by atoms with Gasteiger partial charge in [-0.05, 0) is 55.5 Å². The highest BCUT2D eigenvalue weighted by molar-refractivity contribution is 5.98. The summed E-state index contributed by atoms with van der Waals surface area (Å²) in [4.78, 5) is 105. The molecule has 7 amide bonds. The van der Waals surface area contributed by atoms with Crippen LogP contribution in [0.3, 0.4) is 0 Å². The number of carbonyl (C=O) groups is 7. The fourth-order valence-electron chi connectivity index (χ4n) is 7.90. The van der Waals surface area contributed by atoms with Gasteiger partial charge in [0.25, 0.3) is 0 Å². The molecule has 0 saturated heterocycles. The van der Waals surface area contributed by atoms with Gasteiger partial charge < -0.3 is 58.2 Å². The largest absolute Gasteiger partial charge is 0.368 e. The summed E-state index contributed by atoms with van der Waals surface area (Å²) >= 11 is 0. The van der Waals surface area contributed by atoms with Gasteiger partial charge in [0.15, 0.2) is 0 Å². The molecular weight excluding hydrogens is 867 g/mol. The second-order valence-electron chi connectivity index (χ2n) is 16.9. The molecule has 1 aliphatic heterocycles. The molecule has 0 saturated carbocycles. The molecular formula is C50H59N11O7. The second-order valence-corrected chi connectivity index (χ2v) is 16.9. The van der Waals surface area contributed by atoms with Crippen molar-refractivity contribution in [3.8, 4) is 12.0 Å². The quantitative estimate of drug-likeness (QED) is 0.0670. The Labute approximate surface area is 394 Å². The fourth-order valence-corrected chi connectivity index (χ4v) is 7.90. The van der Waals surface area contributed by atoms with E-state index in [0.29, 0.717) is 23.1 Å². The van der Waals surface area contributed by atoms with E-state index in [-0.39, 0.29) is 45.2 Å². The summed E-state index contributed by atoms with van der Waals surface area (Å²) in [7, 11) is 0. The number of para-hydroxylation sites is 2. The van der Waals surface area contributed by atoms with Crippen molar-refractivity contribution >= 4 is 63.2 Å². The predicted molar refractivity (Wildman–Crippen MR) is 258 cm³/mol. The molecule has 6 rings (SSSR count). The van der Waals surface area contributed by atoms with Crippen molar-refractivity contribution in [1.29, 1.82) is 0 Å². The number of aromatic amines is 2. The molecule has 2 aromatic heterocycles. The molecule has 12 N–H and O–H groups in total. The average molecular weight is 926 g/mol. The minimum atomic E-state index is -1.28. The van der Waals surface area contributed by atoms with Crippen LogP contribution in [0.5, 0.6) is 0 Å². The molecule has 3 aromatic carbocycles. The summed E-state index contributed by atoms with van der Waals surface area (Å²) in [6.45, 7) is 7.28. The van der Waals surface area contributed by atoms with Crippen molar-refractivity contribution < 1.29 is 33.6 Å². The third kappa shape index (κ3) is 13.3. The van der Waals surface area contributed by atoms with Crippen LogP contribution in [0.25, 0.3) is 21.8 Å². The summed E-state index contributed by atoms with van der Waals surface area (Å²) in [5.74, 6) is -2.07. The second kappa shape index (κ2) is 23.5. The van der Waals surface area contributed by atoms with Gasteiger partial charge in [-0.1, -0.05) is 78.7 Å². The average Bonchev–Trinajstić information content (AvgIpc) is 3.93. The molecule has 5 aromatic rings. The Balaban J connectivity index is 1.37. The lowest BCUT2D eigenvalue weighted by Gasteiger charge is -2.27. The smallest absolute Gasteiger partial charge is 0.244 e. The Hall–Kier alpha value is -7.91. The van der Waals surface area contributed by atoms with Crippen LogP contribution in [0.15, 0.2) is 104 Å². The summed E-state index contributed by atoms with van der Waals surface area (Å²) in [5.41, 5.74) is 15.4. The number of nitrogens with zero attached hydrogens (tertiary/aromatic N) is 1. The van der Waals surface area contributed by atoms with Crippen LogP contribution in [-0.4, -0.2) is 112 Å². The van der Waals surface area contributed by atoms with E-state index in [0.717, 1.165) is 21.8 Å². The number of nitrogens with two attached hydrogens (primary N) is 2. The standard InChI is InChI=1S/C50H59N11O7/c1-4-22-61-23-12-20-39(44(52)62)56-49(67)41(25-32-14-6-5-7-15-32)59-50(68)43(27-34-29-54-38-19-11-9-17-36(34)38)58-46(64)31(3)55-48(66)42(26-33-28-53-37-18-10-8-16-35(33)37)60-47(65)40(21-13-24-61)57-45(63)30(2)51/h4-11,14-19,28-31,39-43,53-54H,1,12,20-23,25-27,51H2,2-3H3,(H2,52,62)(H,55,66)(H,56,67)(H,57,63)(H,58,64)(H,59,68)(H,60,65)/t30-,31-,39-,40?,41+,42+,43-/m0/s1. The molecule has 18 heteroatoms. The number of amides is 7. The third-order valence-electron chi connectivity index (χ3n) is 11.7. The molecule has 1 unspecified atom stereocenters. The Morgan fingerprint density at radius 3 is 1.87 bits per heavy atom. The van der Waals surface area contributed by atoms with Gasteiger partial charge >= 0.3 is 0 Å². The minimum absolute atomic E-state index is 0.0224. The first-order chi connectivity index (χ1) is 32.7. The number of benzene rings is 3. The Bertz CT molecular complexity index is 2680. The SMILES string of the molecule is C=CCN1C#CCC(NC(=O)[C@H](C)N)C(=O)N[C@H](Cc2c[nH]c3ccccc23)C(=O)N[C@@H](C)C(=O)N[C@@H](Cc2c[nH]c3ccccc23)C(=O)N[C@H](Cc2ccccc2)C(=O)N[C@H](C(N)=O)CCC1. The highest BCUT2D eigenvalue weighted by Gasteiger charge is 2.33. The van der Waals surface area contributed by atoms with E-state index in [1.165, 1.54) is 13.8 Å². The van der Waals surface area contributed by atoms with Crippen molar-refractivity contribution in [2.24, 2.45) is 11.5 Å². The molecule has 18 nitrogen and oxygen atoms in total. The monoisotopic (exact) mass is 925 g/mol. The summed E-state index contributed by atoms with van der Waals surface area (Å²) in [5, 5.41) is 18.1. The van der Waals surface area contributed by atoms with Crippen molar-refractivity contribution in [3.05, 3.63) is 121 Å². The summed E-state index contributed by atoms with van der Waals surface area (Å²) < 4.78 is 0. The Kier molecular flexibility index (Phi) is 17.1. The lowest BCUT2D eigenvalue weighted by Crippen LogP contribution is -2.60. The molecule has 1 aliphatic rings. The molecule has 0 bridgehead atoms. The highest BCUT2D eigenvalue weighted by atomic mass is 16.2. The van der Waals surface area contributed by atoms with Crippen LogP contribution in [0.4, 0.5) is 0 Å². The van der Waals surface area contributed by atoms with Crippen LogP contribution in [0.1, 0.15) is 49.8 Å². The van der Waals surface area contributed by atoms with Crippen molar-refractivity contribution in [3.63, 3.8) is 0 Å². The van der Waals surface area contributed by atoms with Gasteiger partial charge in [0.2, 0.25) is 41.4 Å². The van der Waals surface area contributed by atoms with Gasteiger partial charge in [-0.15, -0.1) is 6.58 Å². The Morgan fingerprint density at radius 1 is 0.750 bits per heavy atom. The summed E-state index contributed by atoms with van der Waals surface area (Å²) in [6.07, 6.45) is 5.29. The number of H-pyrrole nitrogens is 2. The van der Waals surface area contributed by atoms with E-state index >= 15 is 0 Å². The zero-order valence-corrected chi connectivity index (χ0v) is 38.1. The third-order valence-corrected chi connectivity index (χ3v) is 11.7. The van der Waals surface area contributed by atoms with Gasteiger partial charge in [0.05, 0.1) is 6.04 Å².